The molecule has 0 bridgehead atoms. The number of hydrogen-bond donors (Lipinski definition) is 1. The maximum atomic E-state index is 12.9. The Balaban J connectivity index is 2.10. The molecule has 0 fully saturated rings. The highest BCUT2D eigenvalue weighted by atomic mass is 19.4. The Morgan fingerprint density at radius 3 is 2.25 bits per heavy atom. The largest absolute Gasteiger partial charge is 0.416 e. The van der Waals surface area contributed by atoms with E-state index in [-0.39, 0.29) is 0 Å². The van der Waals surface area contributed by atoms with Crippen molar-refractivity contribution >= 4 is 10.9 Å². The number of aryl methyl sites for hydroxylation is 3. The summed E-state index contributed by atoms with van der Waals surface area (Å²) in [6.07, 6.45) is -2.25. The van der Waals surface area contributed by atoms with Crippen LogP contribution in [-0.4, -0.2) is 4.98 Å². The van der Waals surface area contributed by atoms with Crippen LogP contribution in [-0.2, 0) is 12.6 Å². The summed E-state index contributed by atoms with van der Waals surface area (Å²) in [6.45, 7) is 5.85. The van der Waals surface area contributed by atoms with E-state index in [1.54, 1.807) is 13.0 Å². The Hall–Kier alpha value is -2.23. The number of aromatic amines is 1. The highest BCUT2D eigenvalue weighted by Crippen LogP contribution is 2.35. The molecule has 0 aliphatic carbocycles. The number of nitrogens with one attached hydrogen (secondary N) is 1. The molecule has 1 heterocycles. The third-order valence-electron chi connectivity index (χ3n) is 4.38. The molecule has 1 N–H and O–H groups in total. The summed E-state index contributed by atoms with van der Waals surface area (Å²) in [6, 6.07) is 10.2. The van der Waals surface area contributed by atoms with E-state index < -0.39 is 11.7 Å². The first-order valence-electron chi connectivity index (χ1n) is 8.10. The maximum absolute atomic E-state index is 12.9. The van der Waals surface area contributed by atoms with Crippen molar-refractivity contribution in [2.75, 3.05) is 0 Å². The predicted octanol–water partition coefficient (Wildman–Crippen LogP) is 6.42. The van der Waals surface area contributed by atoms with Crippen molar-refractivity contribution < 1.29 is 13.2 Å². The topological polar surface area (TPSA) is 15.8 Å². The smallest absolute Gasteiger partial charge is 0.358 e. The summed E-state index contributed by atoms with van der Waals surface area (Å²) in [5.74, 6) is 0. The van der Waals surface area contributed by atoms with Gasteiger partial charge < -0.3 is 4.98 Å². The molecule has 0 saturated heterocycles. The lowest BCUT2D eigenvalue weighted by Crippen LogP contribution is -2.05. The number of alkyl halides is 3. The highest BCUT2D eigenvalue weighted by molar-refractivity contribution is 5.88. The second kappa shape index (κ2) is 6.00. The summed E-state index contributed by atoms with van der Waals surface area (Å²) in [5.41, 5.74) is 5.18. The van der Waals surface area contributed by atoms with Crippen molar-refractivity contribution in [3.63, 3.8) is 0 Å². The van der Waals surface area contributed by atoms with E-state index in [0.29, 0.717) is 5.56 Å². The van der Waals surface area contributed by atoms with Gasteiger partial charge in [0.2, 0.25) is 0 Å². The fraction of sp³-hybridized carbons (Fsp3) is 0.300. The maximum Gasteiger partial charge on any atom is 0.416 e. The molecule has 1 aromatic heterocycles. The van der Waals surface area contributed by atoms with Crippen LogP contribution in [0, 0.1) is 13.8 Å². The minimum absolute atomic E-state index is 0.602. The highest BCUT2D eigenvalue weighted by Gasteiger charge is 2.30. The molecular formula is C20H20F3N. The van der Waals surface area contributed by atoms with Gasteiger partial charge in [-0.05, 0) is 72.9 Å². The molecule has 0 aliphatic heterocycles. The van der Waals surface area contributed by atoms with E-state index in [4.69, 9.17) is 0 Å². The Labute approximate surface area is 139 Å². The van der Waals surface area contributed by atoms with Crippen molar-refractivity contribution in [1.29, 1.82) is 0 Å². The van der Waals surface area contributed by atoms with Crippen molar-refractivity contribution in [3.8, 4) is 11.1 Å². The molecule has 0 amide bonds. The molecule has 0 atom stereocenters. The Bertz CT molecular complexity index is 888. The molecule has 0 saturated carbocycles. The van der Waals surface area contributed by atoms with Crippen molar-refractivity contribution in [1.82, 2.24) is 4.98 Å². The molecule has 0 unspecified atom stereocenters. The van der Waals surface area contributed by atoms with Crippen LogP contribution >= 0.6 is 0 Å². The van der Waals surface area contributed by atoms with Gasteiger partial charge in [-0.15, -0.1) is 0 Å². The van der Waals surface area contributed by atoms with Crippen LogP contribution in [0.2, 0.25) is 0 Å². The second-order valence-corrected chi connectivity index (χ2v) is 6.33. The molecule has 2 aromatic carbocycles. The van der Waals surface area contributed by atoms with Gasteiger partial charge in [-0.25, -0.2) is 0 Å². The van der Waals surface area contributed by atoms with Crippen LogP contribution in [0.5, 0.6) is 0 Å². The first-order chi connectivity index (χ1) is 11.3. The summed E-state index contributed by atoms with van der Waals surface area (Å²) in [5, 5.41) is 1.10. The van der Waals surface area contributed by atoms with E-state index in [2.05, 4.69) is 30.1 Å². The monoisotopic (exact) mass is 331 g/mol. The molecule has 0 spiro atoms. The van der Waals surface area contributed by atoms with E-state index in [9.17, 15) is 13.2 Å². The molecule has 126 valence electrons. The van der Waals surface area contributed by atoms with Crippen LogP contribution < -0.4 is 0 Å². The average Bonchev–Trinajstić information content (AvgIpc) is 2.87. The van der Waals surface area contributed by atoms with Gasteiger partial charge in [0, 0.05) is 16.6 Å². The van der Waals surface area contributed by atoms with Crippen LogP contribution in [0.1, 0.15) is 35.7 Å². The number of rotatable bonds is 3. The van der Waals surface area contributed by atoms with Crippen molar-refractivity contribution in [3.05, 3.63) is 58.8 Å². The lowest BCUT2D eigenvalue weighted by atomic mass is 9.94. The fourth-order valence-corrected chi connectivity index (χ4v) is 3.19. The van der Waals surface area contributed by atoms with E-state index in [1.165, 1.54) is 11.8 Å². The fourth-order valence-electron chi connectivity index (χ4n) is 3.19. The molecule has 4 heteroatoms. The van der Waals surface area contributed by atoms with E-state index >= 15 is 0 Å². The summed E-state index contributed by atoms with van der Waals surface area (Å²) in [4.78, 5) is 3.41. The molecule has 0 aliphatic rings. The van der Waals surface area contributed by atoms with Crippen LogP contribution in [0.25, 0.3) is 22.0 Å². The number of hydrogen-bond acceptors (Lipinski definition) is 0. The zero-order valence-corrected chi connectivity index (χ0v) is 14.0. The third kappa shape index (κ3) is 3.05. The lowest BCUT2D eigenvalue weighted by molar-refractivity contribution is -0.137. The summed E-state index contributed by atoms with van der Waals surface area (Å²) < 4.78 is 38.6. The minimum Gasteiger partial charge on any atom is -0.358 e. The van der Waals surface area contributed by atoms with Crippen LogP contribution in [0.3, 0.4) is 0 Å². The van der Waals surface area contributed by atoms with Crippen molar-refractivity contribution in [2.45, 2.75) is 39.8 Å². The van der Waals surface area contributed by atoms with Gasteiger partial charge in [0.1, 0.15) is 0 Å². The standard InChI is InChI=1S/C20H20F3N/c1-4-5-16-10-14-11-18(13(3)9-19(14)24-16)17-7-6-15(8-12(17)2)20(21,22)23/h6-11,24H,4-5H2,1-3H3. The Kier molecular flexibility index (Phi) is 4.16. The van der Waals surface area contributed by atoms with Gasteiger partial charge in [-0.1, -0.05) is 19.4 Å². The van der Waals surface area contributed by atoms with Gasteiger partial charge in [0.15, 0.2) is 0 Å². The molecule has 3 aromatic rings. The van der Waals surface area contributed by atoms with Gasteiger partial charge in [-0.2, -0.15) is 13.2 Å². The quantitative estimate of drug-likeness (QED) is 0.570. The number of halogens is 3. The van der Waals surface area contributed by atoms with Crippen molar-refractivity contribution in [2.24, 2.45) is 0 Å². The van der Waals surface area contributed by atoms with Gasteiger partial charge in [0.25, 0.3) is 0 Å². The van der Waals surface area contributed by atoms with Gasteiger partial charge in [-0.3, -0.25) is 0 Å². The van der Waals surface area contributed by atoms with E-state index in [1.807, 2.05) is 6.92 Å². The zero-order chi connectivity index (χ0) is 17.5. The number of aromatic nitrogens is 1. The van der Waals surface area contributed by atoms with Gasteiger partial charge >= 0.3 is 6.18 Å². The van der Waals surface area contributed by atoms with Crippen LogP contribution in [0.4, 0.5) is 13.2 Å². The SMILES string of the molecule is CCCc1cc2cc(-c3ccc(C(F)(F)F)cc3C)c(C)cc2[nH]1. The number of benzene rings is 2. The first kappa shape index (κ1) is 16.6. The Morgan fingerprint density at radius 2 is 1.62 bits per heavy atom. The number of fused-ring (bicyclic) bond motifs is 1. The Morgan fingerprint density at radius 1 is 0.917 bits per heavy atom. The first-order valence-corrected chi connectivity index (χ1v) is 8.10. The minimum atomic E-state index is -4.31. The molecular weight excluding hydrogens is 311 g/mol. The normalized spacial score (nSPS) is 12.1. The third-order valence-corrected chi connectivity index (χ3v) is 4.38. The molecule has 24 heavy (non-hydrogen) atoms. The van der Waals surface area contributed by atoms with E-state index in [0.717, 1.165) is 46.5 Å². The number of H-pyrrole nitrogens is 1. The molecule has 0 radical (unpaired) electrons. The predicted molar refractivity (Wildman–Crippen MR) is 92.2 cm³/mol. The lowest BCUT2D eigenvalue weighted by Gasteiger charge is -2.13. The summed E-state index contributed by atoms with van der Waals surface area (Å²) in [7, 11) is 0. The molecule has 1 nitrogen and oxygen atoms in total. The summed E-state index contributed by atoms with van der Waals surface area (Å²) >= 11 is 0. The average molecular weight is 331 g/mol. The zero-order valence-electron chi connectivity index (χ0n) is 14.0. The van der Waals surface area contributed by atoms with Gasteiger partial charge in [0.05, 0.1) is 5.56 Å². The van der Waals surface area contributed by atoms with Crippen LogP contribution in [0.15, 0.2) is 36.4 Å². The second-order valence-electron chi connectivity index (χ2n) is 6.33. The molecule has 3 rings (SSSR count).